The summed E-state index contributed by atoms with van der Waals surface area (Å²) in [5.74, 6) is 0. The summed E-state index contributed by atoms with van der Waals surface area (Å²) < 4.78 is 39.8. The fourth-order valence-electron chi connectivity index (χ4n) is 1.89. The molecule has 1 N–H and O–H groups in total. The van der Waals surface area contributed by atoms with Crippen molar-refractivity contribution in [1.82, 2.24) is 14.9 Å². The van der Waals surface area contributed by atoms with Gasteiger partial charge in [0.15, 0.2) is 0 Å². The van der Waals surface area contributed by atoms with E-state index in [2.05, 4.69) is 10.3 Å². The van der Waals surface area contributed by atoms with Crippen LogP contribution in [0.25, 0.3) is 10.9 Å². The van der Waals surface area contributed by atoms with Crippen LogP contribution in [0.4, 0.5) is 13.2 Å². The molecule has 0 amide bonds. The zero-order valence-corrected chi connectivity index (χ0v) is 11.4. The van der Waals surface area contributed by atoms with Gasteiger partial charge in [-0.1, -0.05) is 6.07 Å². The molecule has 0 radical (unpaired) electrons. The SMILES string of the molecule is CNC(C)n1c(Cl)nc2c(C(F)(F)F)cccc2c1=O. The van der Waals surface area contributed by atoms with E-state index in [4.69, 9.17) is 11.6 Å². The topological polar surface area (TPSA) is 46.9 Å². The lowest BCUT2D eigenvalue weighted by molar-refractivity contribution is -0.136. The second kappa shape index (κ2) is 5.06. The monoisotopic (exact) mass is 305 g/mol. The van der Waals surface area contributed by atoms with Gasteiger partial charge in [-0.2, -0.15) is 13.2 Å². The fraction of sp³-hybridized carbons (Fsp3) is 0.333. The third-order valence-corrected chi connectivity index (χ3v) is 3.27. The van der Waals surface area contributed by atoms with Crippen molar-refractivity contribution in [2.75, 3.05) is 7.05 Å². The highest BCUT2D eigenvalue weighted by atomic mass is 35.5. The number of alkyl halides is 3. The van der Waals surface area contributed by atoms with Gasteiger partial charge in [0.2, 0.25) is 5.28 Å². The van der Waals surface area contributed by atoms with Crippen molar-refractivity contribution in [2.45, 2.75) is 19.3 Å². The van der Waals surface area contributed by atoms with Crippen LogP contribution in [-0.4, -0.2) is 16.6 Å². The summed E-state index contributed by atoms with van der Waals surface area (Å²) in [5, 5.41) is 2.38. The van der Waals surface area contributed by atoms with Crippen molar-refractivity contribution < 1.29 is 13.2 Å². The van der Waals surface area contributed by atoms with Crippen LogP contribution in [0.1, 0.15) is 18.7 Å². The van der Waals surface area contributed by atoms with Gasteiger partial charge in [0.05, 0.1) is 22.6 Å². The molecule has 0 aliphatic heterocycles. The highest BCUT2D eigenvalue weighted by Crippen LogP contribution is 2.33. The van der Waals surface area contributed by atoms with Crippen LogP contribution in [0.15, 0.2) is 23.0 Å². The van der Waals surface area contributed by atoms with Gasteiger partial charge in [-0.25, -0.2) is 4.98 Å². The molecule has 8 heteroatoms. The summed E-state index contributed by atoms with van der Waals surface area (Å²) in [6, 6.07) is 3.35. The molecule has 20 heavy (non-hydrogen) atoms. The molecule has 108 valence electrons. The van der Waals surface area contributed by atoms with Crippen LogP contribution in [0.3, 0.4) is 0 Å². The Morgan fingerprint density at radius 2 is 2.05 bits per heavy atom. The van der Waals surface area contributed by atoms with E-state index < -0.39 is 29.0 Å². The quantitative estimate of drug-likeness (QED) is 0.868. The number of hydrogen-bond acceptors (Lipinski definition) is 3. The minimum Gasteiger partial charge on any atom is -0.300 e. The Kier molecular flexibility index (Phi) is 3.75. The number of aromatic nitrogens is 2. The smallest absolute Gasteiger partial charge is 0.300 e. The van der Waals surface area contributed by atoms with Gasteiger partial charge < -0.3 is 5.32 Å². The molecule has 0 fully saturated rings. The predicted octanol–water partition coefficient (Wildman–Crippen LogP) is 2.81. The fourth-order valence-corrected chi connectivity index (χ4v) is 2.20. The second-order valence-corrected chi connectivity index (χ2v) is 4.56. The Morgan fingerprint density at radius 3 is 2.60 bits per heavy atom. The normalized spacial score (nSPS) is 13.7. The van der Waals surface area contributed by atoms with E-state index in [1.807, 2.05) is 0 Å². The summed E-state index contributed by atoms with van der Waals surface area (Å²) in [6.45, 7) is 1.65. The molecule has 4 nitrogen and oxygen atoms in total. The highest BCUT2D eigenvalue weighted by Gasteiger charge is 2.34. The summed E-state index contributed by atoms with van der Waals surface area (Å²) in [5.41, 5.74) is -2.03. The molecule has 1 unspecified atom stereocenters. The van der Waals surface area contributed by atoms with Gasteiger partial charge in [-0.15, -0.1) is 0 Å². The maximum atomic E-state index is 12.9. The van der Waals surface area contributed by atoms with Gasteiger partial charge >= 0.3 is 6.18 Å². The number of nitrogens with zero attached hydrogens (tertiary/aromatic N) is 2. The van der Waals surface area contributed by atoms with Crippen molar-refractivity contribution in [3.05, 3.63) is 39.4 Å². The highest BCUT2D eigenvalue weighted by molar-refractivity contribution is 6.28. The van der Waals surface area contributed by atoms with Crippen LogP contribution in [0.2, 0.25) is 5.28 Å². The minimum atomic E-state index is -4.59. The van der Waals surface area contributed by atoms with E-state index >= 15 is 0 Å². The number of rotatable bonds is 2. The first-order chi connectivity index (χ1) is 9.27. The second-order valence-electron chi connectivity index (χ2n) is 4.22. The molecule has 1 aromatic heterocycles. The first-order valence-electron chi connectivity index (χ1n) is 5.72. The van der Waals surface area contributed by atoms with Gasteiger partial charge in [-0.05, 0) is 37.7 Å². The number of nitrogens with one attached hydrogen (secondary N) is 1. The molecular weight excluding hydrogens is 295 g/mol. The molecule has 0 aliphatic rings. The molecule has 1 atom stereocenters. The Hall–Kier alpha value is -1.60. The van der Waals surface area contributed by atoms with E-state index in [0.29, 0.717) is 0 Å². The standard InChI is InChI=1S/C12H11ClF3N3O/c1-6(17-2)19-10(20)7-4-3-5-8(12(14,15)16)9(7)18-11(19)13/h3-6,17H,1-2H3. The molecule has 2 rings (SSSR count). The van der Waals surface area contributed by atoms with Gasteiger partial charge in [-0.3, -0.25) is 9.36 Å². The van der Waals surface area contributed by atoms with Crippen LogP contribution < -0.4 is 10.9 Å². The van der Waals surface area contributed by atoms with Gasteiger partial charge in [0.1, 0.15) is 0 Å². The molecule has 1 heterocycles. The maximum absolute atomic E-state index is 12.9. The molecule has 1 aromatic carbocycles. The van der Waals surface area contributed by atoms with Crippen LogP contribution in [-0.2, 0) is 6.18 Å². The molecule has 2 aromatic rings. The lowest BCUT2D eigenvalue weighted by Crippen LogP contribution is -2.32. The summed E-state index contributed by atoms with van der Waals surface area (Å²) >= 11 is 5.85. The van der Waals surface area contributed by atoms with Gasteiger partial charge in [0.25, 0.3) is 5.56 Å². The van der Waals surface area contributed by atoms with Crippen LogP contribution in [0.5, 0.6) is 0 Å². The molecule has 0 saturated carbocycles. The molecule has 0 aliphatic carbocycles. The first kappa shape index (κ1) is 14.8. The number of fused-ring (bicyclic) bond motifs is 1. The third kappa shape index (κ3) is 2.38. The molecule has 0 spiro atoms. The molecule has 0 saturated heterocycles. The van der Waals surface area contributed by atoms with E-state index in [0.717, 1.165) is 10.6 Å². The van der Waals surface area contributed by atoms with Crippen molar-refractivity contribution >= 4 is 22.5 Å². The maximum Gasteiger partial charge on any atom is 0.418 e. The van der Waals surface area contributed by atoms with E-state index in [9.17, 15) is 18.0 Å². The summed E-state index contributed by atoms with van der Waals surface area (Å²) in [6.07, 6.45) is -5.08. The van der Waals surface area contributed by atoms with E-state index in [1.165, 1.54) is 12.1 Å². The van der Waals surface area contributed by atoms with Crippen molar-refractivity contribution in [2.24, 2.45) is 0 Å². The Labute approximate surface area is 117 Å². The average Bonchev–Trinajstić information content (AvgIpc) is 2.36. The molecule has 0 bridgehead atoms. The van der Waals surface area contributed by atoms with Crippen molar-refractivity contribution in [3.63, 3.8) is 0 Å². The molecular formula is C12H11ClF3N3O. The third-order valence-electron chi connectivity index (χ3n) is 3.00. The summed E-state index contributed by atoms with van der Waals surface area (Å²) in [7, 11) is 1.60. The predicted molar refractivity (Wildman–Crippen MR) is 69.8 cm³/mol. The Bertz CT molecular complexity index is 711. The minimum absolute atomic E-state index is 0.119. The lowest BCUT2D eigenvalue weighted by atomic mass is 10.1. The van der Waals surface area contributed by atoms with Crippen LogP contribution in [0, 0.1) is 0 Å². The lowest BCUT2D eigenvalue weighted by Gasteiger charge is -2.17. The van der Waals surface area contributed by atoms with Crippen molar-refractivity contribution in [1.29, 1.82) is 0 Å². The zero-order valence-electron chi connectivity index (χ0n) is 10.6. The number of para-hydroxylation sites is 1. The van der Waals surface area contributed by atoms with E-state index in [1.54, 1.807) is 14.0 Å². The number of benzene rings is 1. The number of hydrogen-bond donors (Lipinski definition) is 1. The summed E-state index contributed by atoms with van der Waals surface area (Å²) in [4.78, 5) is 16.0. The first-order valence-corrected chi connectivity index (χ1v) is 6.10. The van der Waals surface area contributed by atoms with Crippen molar-refractivity contribution in [3.8, 4) is 0 Å². The average molecular weight is 306 g/mol. The Balaban J connectivity index is 2.87. The van der Waals surface area contributed by atoms with Gasteiger partial charge in [0, 0.05) is 0 Å². The number of halogens is 4. The zero-order chi connectivity index (χ0) is 15.1. The van der Waals surface area contributed by atoms with E-state index in [-0.39, 0.29) is 10.7 Å². The Morgan fingerprint density at radius 1 is 1.40 bits per heavy atom. The van der Waals surface area contributed by atoms with Crippen LogP contribution >= 0.6 is 11.6 Å². The largest absolute Gasteiger partial charge is 0.418 e.